The van der Waals surface area contributed by atoms with Gasteiger partial charge in [0.05, 0.1) is 25.3 Å². The van der Waals surface area contributed by atoms with Gasteiger partial charge in [-0.05, 0) is 25.5 Å². The van der Waals surface area contributed by atoms with Gasteiger partial charge in [-0.1, -0.05) is 0 Å². The van der Waals surface area contributed by atoms with Gasteiger partial charge in [-0.2, -0.15) is 5.10 Å². The third kappa shape index (κ3) is 4.57. The zero-order valence-corrected chi connectivity index (χ0v) is 13.4. The monoisotopic (exact) mass is 336 g/mol. The first-order valence-electron chi connectivity index (χ1n) is 6.94. The van der Waals surface area contributed by atoms with E-state index in [1.165, 1.54) is 0 Å². The Hall–Kier alpha value is -0.820. The van der Waals surface area contributed by atoms with Gasteiger partial charge in [-0.25, -0.2) is 0 Å². The molecule has 1 aromatic rings. The van der Waals surface area contributed by atoms with Crippen molar-refractivity contribution in [1.82, 2.24) is 20.0 Å². The average molecular weight is 337 g/mol. The summed E-state index contributed by atoms with van der Waals surface area (Å²) in [5.74, 6) is 0.228. The van der Waals surface area contributed by atoms with Gasteiger partial charge in [-0.3, -0.25) is 9.48 Å². The van der Waals surface area contributed by atoms with Crippen LogP contribution < -0.4 is 5.32 Å². The van der Waals surface area contributed by atoms with Crippen molar-refractivity contribution in [2.45, 2.75) is 31.5 Å². The highest BCUT2D eigenvalue weighted by molar-refractivity contribution is 5.85. The highest BCUT2D eigenvalue weighted by Gasteiger charge is 2.30. The van der Waals surface area contributed by atoms with Gasteiger partial charge in [0.15, 0.2) is 0 Å². The zero-order valence-electron chi connectivity index (χ0n) is 11.8. The van der Waals surface area contributed by atoms with Gasteiger partial charge >= 0.3 is 0 Å². The maximum atomic E-state index is 12.3. The molecule has 0 aliphatic carbocycles. The summed E-state index contributed by atoms with van der Waals surface area (Å²) in [6, 6.07) is 1.91. The smallest absolute Gasteiger partial charge is 0.239 e. The second-order valence-electron chi connectivity index (χ2n) is 5.15. The number of halogens is 2. The van der Waals surface area contributed by atoms with E-state index in [2.05, 4.69) is 10.4 Å². The molecule has 0 spiro atoms. The lowest BCUT2D eigenvalue weighted by atomic mass is 10.1. The number of aromatic nitrogens is 2. The van der Waals surface area contributed by atoms with E-state index in [1.54, 1.807) is 6.20 Å². The Kier molecular flexibility index (Phi) is 7.45. The van der Waals surface area contributed by atoms with Gasteiger partial charge in [0.2, 0.25) is 5.91 Å². The normalized spacial score (nSPS) is 25.0. The van der Waals surface area contributed by atoms with Crippen LogP contribution >= 0.6 is 24.8 Å². The fraction of sp³-hybridized carbons (Fsp3) is 0.692. The van der Waals surface area contributed by atoms with E-state index in [-0.39, 0.29) is 42.9 Å². The standard InChI is InChI=1S/C13H20N4O2.2ClH/c18-13(12-3-1-4-14-12)16-7-8-19-11(9-16)10-17-6-2-5-15-17;;/h2,5-6,11-12,14H,1,3-4,7-10H2;2*1H. The molecule has 3 rings (SSSR count). The molecule has 2 atom stereocenters. The van der Waals surface area contributed by atoms with Crippen molar-refractivity contribution >= 4 is 30.7 Å². The molecule has 0 radical (unpaired) electrons. The zero-order chi connectivity index (χ0) is 13.1. The molecule has 120 valence electrons. The van der Waals surface area contributed by atoms with E-state index >= 15 is 0 Å². The largest absolute Gasteiger partial charge is 0.373 e. The molecule has 1 amide bonds. The number of ether oxygens (including phenoxy) is 1. The fourth-order valence-corrected chi connectivity index (χ4v) is 2.76. The molecule has 8 heteroatoms. The Morgan fingerprint density at radius 1 is 1.43 bits per heavy atom. The van der Waals surface area contributed by atoms with Crippen LogP contribution in [0, 0.1) is 0 Å². The number of hydrogen-bond donors (Lipinski definition) is 1. The number of morpholine rings is 1. The van der Waals surface area contributed by atoms with E-state index in [4.69, 9.17) is 4.74 Å². The van der Waals surface area contributed by atoms with Crippen molar-refractivity contribution < 1.29 is 9.53 Å². The quantitative estimate of drug-likeness (QED) is 0.882. The van der Waals surface area contributed by atoms with E-state index in [0.29, 0.717) is 26.2 Å². The molecule has 0 bridgehead atoms. The molecule has 6 nitrogen and oxygen atoms in total. The number of amides is 1. The third-order valence-corrected chi connectivity index (χ3v) is 3.76. The predicted molar refractivity (Wildman–Crippen MR) is 84.1 cm³/mol. The van der Waals surface area contributed by atoms with Crippen molar-refractivity contribution in [3.63, 3.8) is 0 Å². The third-order valence-electron chi connectivity index (χ3n) is 3.76. The molecule has 2 unspecified atom stereocenters. The van der Waals surface area contributed by atoms with E-state index in [1.807, 2.05) is 21.8 Å². The maximum Gasteiger partial charge on any atom is 0.239 e. The lowest BCUT2D eigenvalue weighted by Crippen LogP contribution is -2.52. The van der Waals surface area contributed by atoms with Gasteiger partial charge < -0.3 is 15.0 Å². The summed E-state index contributed by atoms with van der Waals surface area (Å²) in [4.78, 5) is 14.3. The molecular formula is C13H22Cl2N4O2. The van der Waals surface area contributed by atoms with Gasteiger partial charge in [0.25, 0.3) is 0 Å². The average Bonchev–Trinajstić information content (AvgIpc) is 3.11. The van der Waals surface area contributed by atoms with Crippen LogP contribution in [0.1, 0.15) is 12.8 Å². The highest BCUT2D eigenvalue weighted by atomic mass is 35.5. The molecule has 0 aromatic carbocycles. The van der Waals surface area contributed by atoms with Crippen molar-refractivity contribution in [2.75, 3.05) is 26.2 Å². The Morgan fingerprint density at radius 3 is 2.95 bits per heavy atom. The van der Waals surface area contributed by atoms with Crippen LogP contribution in [0.25, 0.3) is 0 Å². The summed E-state index contributed by atoms with van der Waals surface area (Å²) < 4.78 is 7.57. The molecule has 2 aliphatic heterocycles. The molecule has 2 aliphatic rings. The Bertz CT molecular complexity index is 424. The minimum absolute atomic E-state index is 0. The van der Waals surface area contributed by atoms with Crippen LogP contribution in [0.2, 0.25) is 0 Å². The first-order chi connectivity index (χ1) is 9.33. The Labute approximate surface area is 137 Å². The van der Waals surface area contributed by atoms with Crippen molar-refractivity contribution in [2.24, 2.45) is 0 Å². The molecule has 0 saturated carbocycles. The minimum Gasteiger partial charge on any atom is -0.373 e. The van der Waals surface area contributed by atoms with Crippen molar-refractivity contribution in [3.05, 3.63) is 18.5 Å². The number of nitrogens with one attached hydrogen (secondary N) is 1. The van der Waals surface area contributed by atoms with Crippen LogP contribution in [0.4, 0.5) is 0 Å². The predicted octanol–water partition coefficient (Wildman–Crippen LogP) is 0.706. The second kappa shape index (κ2) is 8.58. The molecule has 1 N–H and O–H groups in total. The Morgan fingerprint density at radius 2 is 2.29 bits per heavy atom. The minimum atomic E-state index is 0. The summed E-state index contributed by atoms with van der Waals surface area (Å²) in [6.45, 7) is 3.64. The molecule has 3 heterocycles. The fourth-order valence-electron chi connectivity index (χ4n) is 2.76. The van der Waals surface area contributed by atoms with Crippen LogP contribution in [-0.4, -0.2) is 59.0 Å². The lowest BCUT2D eigenvalue weighted by Gasteiger charge is -2.34. The summed E-state index contributed by atoms with van der Waals surface area (Å²) >= 11 is 0. The van der Waals surface area contributed by atoms with E-state index in [9.17, 15) is 4.79 Å². The van der Waals surface area contributed by atoms with Gasteiger partial charge in [0, 0.05) is 25.5 Å². The highest BCUT2D eigenvalue weighted by Crippen LogP contribution is 2.13. The second-order valence-corrected chi connectivity index (χ2v) is 5.15. The van der Waals surface area contributed by atoms with E-state index < -0.39 is 0 Å². The molecule has 2 saturated heterocycles. The van der Waals surface area contributed by atoms with Crippen LogP contribution in [0.5, 0.6) is 0 Å². The number of carbonyl (C=O) groups is 1. The number of nitrogens with zero attached hydrogens (tertiary/aromatic N) is 3. The summed E-state index contributed by atoms with van der Waals surface area (Å²) in [6.07, 6.45) is 5.77. The molecule has 2 fully saturated rings. The van der Waals surface area contributed by atoms with E-state index in [0.717, 1.165) is 19.4 Å². The summed E-state index contributed by atoms with van der Waals surface area (Å²) in [5, 5.41) is 7.44. The SMILES string of the molecule is Cl.Cl.O=C(C1CCCN1)N1CCOC(Cn2cccn2)C1. The number of carbonyl (C=O) groups excluding carboxylic acids is 1. The van der Waals surface area contributed by atoms with Crippen molar-refractivity contribution in [3.8, 4) is 0 Å². The van der Waals surface area contributed by atoms with Crippen LogP contribution in [0.3, 0.4) is 0 Å². The molecular weight excluding hydrogens is 315 g/mol. The maximum absolute atomic E-state index is 12.3. The van der Waals surface area contributed by atoms with Crippen LogP contribution in [0.15, 0.2) is 18.5 Å². The first kappa shape index (κ1) is 18.2. The summed E-state index contributed by atoms with van der Waals surface area (Å²) in [7, 11) is 0. The topological polar surface area (TPSA) is 59.4 Å². The Balaban J connectivity index is 0.00000110. The molecule has 21 heavy (non-hydrogen) atoms. The van der Waals surface area contributed by atoms with Gasteiger partial charge in [-0.15, -0.1) is 24.8 Å². The first-order valence-corrected chi connectivity index (χ1v) is 6.94. The van der Waals surface area contributed by atoms with Crippen LogP contribution in [-0.2, 0) is 16.1 Å². The molecule has 1 aromatic heterocycles. The number of hydrogen-bond acceptors (Lipinski definition) is 4. The summed E-state index contributed by atoms with van der Waals surface area (Å²) in [5.41, 5.74) is 0. The number of rotatable bonds is 3. The lowest BCUT2D eigenvalue weighted by molar-refractivity contribution is -0.141. The van der Waals surface area contributed by atoms with Crippen molar-refractivity contribution in [1.29, 1.82) is 0 Å². The van der Waals surface area contributed by atoms with Gasteiger partial charge in [0.1, 0.15) is 0 Å².